The molecule has 0 aliphatic rings. The number of thioether (sulfide) groups is 1. The molecule has 0 bridgehead atoms. The monoisotopic (exact) mass is 404 g/mol. The second-order valence-corrected chi connectivity index (χ2v) is 6.97. The van der Waals surface area contributed by atoms with Gasteiger partial charge >= 0.3 is 12.1 Å². The van der Waals surface area contributed by atoms with E-state index in [9.17, 15) is 24.8 Å². The molecule has 2 aromatic rings. The molecule has 148 valence electrons. The van der Waals surface area contributed by atoms with Crippen LogP contribution in [0, 0.1) is 10.1 Å². The van der Waals surface area contributed by atoms with Crippen molar-refractivity contribution < 1.29 is 24.4 Å². The Labute approximate surface area is 166 Å². The van der Waals surface area contributed by atoms with Crippen LogP contribution in [-0.4, -0.2) is 33.9 Å². The van der Waals surface area contributed by atoms with E-state index in [2.05, 4.69) is 5.32 Å². The summed E-state index contributed by atoms with van der Waals surface area (Å²) in [5, 5.41) is 22.2. The molecular formula is C19H20N2O6S. The number of amides is 1. The molecule has 1 amide bonds. The number of benzene rings is 2. The van der Waals surface area contributed by atoms with E-state index < -0.39 is 23.0 Å². The van der Waals surface area contributed by atoms with Gasteiger partial charge in [0.1, 0.15) is 12.6 Å². The van der Waals surface area contributed by atoms with Gasteiger partial charge in [-0.3, -0.25) is 10.1 Å². The molecule has 0 spiro atoms. The Balaban J connectivity index is 1.72. The highest BCUT2D eigenvalue weighted by Crippen LogP contribution is 2.17. The number of hydrogen-bond donors (Lipinski definition) is 2. The van der Waals surface area contributed by atoms with Crippen molar-refractivity contribution in [2.45, 2.75) is 24.8 Å². The Morgan fingerprint density at radius 3 is 2.39 bits per heavy atom. The molecule has 2 rings (SSSR count). The summed E-state index contributed by atoms with van der Waals surface area (Å²) in [5.74, 6) is -0.0528. The van der Waals surface area contributed by atoms with E-state index >= 15 is 0 Å². The minimum atomic E-state index is -1.13. The summed E-state index contributed by atoms with van der Waals surface area (Å²) in [6.07, 6.45) is -0.551. The smallest absolute Gasteiger partial charge is 0.408 e. The third kappa shape index (κ3) is 7.28. The number of alkyl carbamates (subject to hydrolysis) is 1. The van der Waals surface area contributed by atoms with Crippen LogP contribution in [0.2, 0.25) is 0 Å². The molecule has 0 aliphatic carbocycles. The van der Waals surface area contributed by atoms with Crippen molar-refractivity contribution in [3.8, 4) is 0 Å². The van der Waals surface area contributed by atoms with Gasteiger partial charge < -0.3 is 15.2 Å². The number of nitrogens with one attached hydrogen (secondary N) is 1. The molecule has 9 heteroatoms. The molecule has 0 saturated carbocycles. The van der Waals surface area contributed by atoms with Gasteiger partial charge in [-0.1, -0.05) is 42.5 Å². The maximum Gasteiger partial charge on any atom is 0.408 e. The molecule has 0 aliphatic heterocycles. The molecule has 0 radical (unpaired) electrons. The molecule has 8 nitrogen and oxygen atoms in total. The first kappa shape index (κ1) is 21.2. The van der Waals surface area contributed by atoms with Crippen molar-refractivity contribution >= 4 is 29.5 Å². The van der Waals surface area contributed by atoms with Crippen LogP contribution in [-0.2, 0) is 21.9 Å². The highest BCUT2D eigenvalue weighted by Gasteiger charge is 2.20. The standard InChI is InChI=1S/C19H20N2O6S/c22-18(23)17(20-19(24)27-12-14-4-2-1-3-5-14)10-11-28-13-15-6-8-16(9-7-15)21(25)26/h1-9,17H,10-13H2,(H,20,24)(H,22,23). The predicted molar refractivity (Wildman–Crippen MR) is 105 cm³/mol. The van der Waals surface area contributed by atoms with Crippen molar-refractivity contribution in [1.29, 1.82) is 0 Å². The van der Waals surface area contributed by atoms with Gasteiger partial charge in [-0.05, 0) is 23.3 Å². The molecule has 1 unspecified atom stereocenters. The lowest BCUT2D eigenvalue weighted by Gasteiger charge is -2.14. The summed E-state index contributed by atoms with van der Waals surface area (Å²) in [6, 6.07) is 14.2. The quantitative estimate of drug-likeness (QED) is 0.353. The number of nitro groups is 1. The van der Waals surface area contributed by atoms with E-state index in [-0.39, 0.29) is 18.7 Å². The maximum absolute atomic E-state index is 11.8. The minimum Gasteiger partial charge on any atom is -0.480 e. The largest absolute Gasteiger partial charge is 0.480 e. The van der Waals surface area contributed by atoms with Crippen LogP contribution in [0.1, 0.15) is 17.5 Å². The van der Waals surface area contributed by atoms with Crippen LogP contribution in [0.3, 0.4) is 0 Å². The van der Waals surface area contributed by atoms with Crippen LogP contribution >= 0.6 is 11.8 Å². The van der Waals surface area contributed by atoms with Crippen LogP contribution in [0.5, 0.6) is 0 Å². The van der Waals surface area contributed by atoms with E-state index in [0.717, 1.165) is 11.1 Å². The van der Waals surface area contributed by atoms with Crippen molar-refractivity contribution in [2.75, 3.05) is 5.75 Å². The lowest BCUT2D eigenvalue weighted by atomic mass is 10.2. The molecular weight excluding hydrogens is 384 g/mol. The number of aliphatic carboxylic acids is 1. The third-order valence-corrected chi connectivity index (χ3v) is 4.83. The Hall–Kier alpha value is -3.07. The number of carboxylic acids is 1. The van der Waals surface area contributed by atoms with E-state index in [1.54, 1.807) is 24.3 Å². The van der Waals surface area contributed by atoms with E-state index in [0.29, 0.717) is 11.5 Å². The number of nitro benzene ring substituents is 1. The Kier molecular flexibility index (Phi) is 8.29. The molecule has 1 atom stereocenters. The van der Waals surface area contributed by atoms with Crippen molar-refractivity contribution in [2.24, 2.45) is 0 Å². The van der Waals surface area contributed by atoms with Crippen LogP contribution in [0.4, 0.5) is 10.5 Å². The lowest BCUT2D eigenvalue weighted by Crippen LogP contribution is -2.41. The first-order valence-electron chi connectivity index (χ1n) is 8.47. The first-order valence-corrected chi connectivity index (χ1v) is 9.62. The fraction of sp³-hybridized carbons (Fsp3) is 0.263. The molecule has 0 heterocycles. The molecule has 0 saturated heterocycles. The molecule has 2 aromatic carbocycles. The Morgan fingerprint density at radius 2 is 1.79 bits per heavy atom. The lowest BCUT2D eigenvalue weighted by molar-refractivity contribution is -0.384. The van der Waals surface area contributed by atoms with Gasteiger partial charge in [0.15, 0.2) is 0 Å². The summed E-state index contributed by atoms with van der Waals surface area (Å²) in [4.78, 5) is 33.3. The van der Waals surface area contributed by atoms with Crippen LogP contribution < -0.4 is 5.32 Å². The van der Waals surface area contributed by atoms with Crippen molar-refractivity contribution in [1.82, 2.24) is 5.32 Å². The fourth-order valence-electron chi connectivity index (χ4n) is 2.27. The van der Waals surface area contributed by atoms with Gasteiger partial charge in [-0.15, -0.1) is 0 Å². The average molecular weight is 404 g/mol. The van der Waals surface area contributed by atoms with Crippen molar-refractivity contribution in [3.05, 3.63) is 75.8 Å². The number of hydrogen-bond acceptors (Lipinski definition) is 6. The first-order chi connectivity index (χ1) is 13.5. The second kappa shape index (κ2) is 10.9. The predicted octanol–water partition coefficient (Wildman–Crippen LogP) is 3.60. The zero-order valence-corrected chi connectivity index (χ0v) is 15.8. The summed E-state index contributed by atoms with van der Waals surface area (Å²) >= 11 is 1.48. The van der Waals surface area contributed by atoms with Crippen LogP contribution in [0.25, 0.3) is 0 Å². The zero-order valence-electron chi connectivity index (χ0n) is 14.9. The number of carbonyl (C=O) groups excluding carboxylic acids is 1. The SMILES string of the molecule is O=C(NC(CCSCc1ccc([N+](=O)[O-])cc1)C(=O)O)OCc1ccccc1. The minimum absolute atomic E-state index is 0.0258. The molecule has 0 aromatic heterocycles. The van der Waals surface area contributed by atoms with Crippen molar-refractivity contribution in [3.63, 3.8) is 0 Å². The van der Waals surface area contributed by atoms with Gasteiger partial charge in [-0.25, -0.2) is 9.59 Å². The number of carbonyl (C=O) groups is 2. The second-order valence-electron chi connectivity index (χ2n) is 5.86. The third-order valence-electron chi connectivity index (χ3n) is 3.77. The number of rotatable bonds is 10. The summed E-state index contributed by atoms with van der Waals surface area (Å²) < 4.78 is 5.04. The number of nitrogens with zero attached hydrogens (tertiary/aromatic N) is 1. The van der Waals surface area contributed by atoms with Gasteiger partial charge in [0.05, 0.1) is 4.92 Å². The number of non-ortho nitro benzene ring substituents is 1. The van der Waals surface area contributed by atoms with E-state index in [1.807, 2.05) is 18.2 Å². The summed E-state index contributed by atoms with van der Waals surface area (Å²) in [6.45, 7) is 0.0634. The molecule has 2 N–H and O–H groups in total. The zero-order chi connectivity index (χ0) is 20.4. The fourth-order valence-corrected chi connectivity index (χ4v) is 3.24. The van der Waals surface area contributed by atoms with Gasteiger partial charge in [0, 0.05) is 17.9 Å². The Morgan fingerprint density at radius 1 is 1.11 bits per heavy atom. The van der Waals surface area contributed by atoms with Gasteiger partial charge in [0.25, 0.3) is 5.69 Å². The normalized spacial score (nSPS) is 11.4. The summed E-state index contributed by atoms with van der Waals surface area (Å²) in [7, 11) is 0. The van der Waals surface area contributed by atoms with Crippen LogP contribution in [0.15, 0.2) is 54.6 Å². The van der Waals surface area contributed by atoms with E-state index in [4.69, 9.17) is 4.74 Å². The topological polar surface area (TPSA) is 119 Å². The van der Waals surface area contributed by atoms with E-state index in [1.165, 1.54) is 23.9 Å². The number of ether oxygens (including phenoxy) is 1. The summed E-state index contributed by atoms with van der Waals surface area (Å²) in [5.41, 5.74) is 1.73. The van der Waals surface area contributed by atoms with Gasteiger partial charge in [-0.2, -0.15) is 11.8 Å². The number of carboxylic acid groups (broad SMARTS) is 1. The van der Waals surface area contributed by atoms with Gasteiger partial charge in [0.2, 0.25) is 0 Å². The molecule has 28 heavy (non-hydrogen) atoms. The average Bonchev–Trinajstić information content (AvgIpc) is 2.69. The molecule has 0 fully saturated rings. The maximum atomic E-state index is 11.8. The highest BCUT2D eigenvalue weighted by atomic mass is 32.2. The Bertz CT molecular complexity index is 798. The highest BCUT2D eigenvalue weighted by molar-refractivity contribution is 7.98.